The highest BCUT2D eigenvalue weighted by Gasteiger charge is 2.22. The van der Waals surface area contributed by atoms with Crippen molar-refractivity contribution in [2.45, 2.75) is 32.3 Å². The van der Waals surface area contributed by atoms with Crippen LogP contribution in [0.5, 0.6) is 5.75 Å². The fourth-order valence-corrected chi connectivity index (χ4v) is 1.60. The molecule has 0 aromatic heterocycles. The first-order valence-electron chi connectivity index (χ1n) is 6.18. The van der Waals surface area contributed by atoms with Crippen molar-refractivity contribution in [3.8, 4) is 5.75 Å². The van der Waals surface area contributed by atoms with Gasteiger partial charge in [-0.2, -0.15) is 0 Å². The first kappa shape index (κ1) is 15.9. The Morgan fingerprint density at radius 2 is 2.20 bits per heavy atom. The summed E-state index contributed by atoms with van der Waals surface area (Å²) >= 11 is 0. The molecule has 7 heteroatoms. The topological polar surface area (TPSA) is 78.7 Å². The Bertz CT molecular complexity index is 492. The van der Waals surface area contributed by atoms with E-state index in [1.807, 2.05) is 6.92 Å². The van der Waals surface area contributed by atoms with Gasteiger partial charge in [-0.1, -0.05) is 13.3 Å². The Morgan fingerprint density at radius 1 is 1.50 bits per heavy atom. The van der Waals surface area contributed by atoms with Crippen LogP contribution in [0.25, 0.3) is 0 Å². The number of methoxy groups -OCH3 is 1. The van der Waals surface area contributed by atoms with Gasteiger partial charge in [0.1, 0.15) is 0 Å². The molecule has 1 aromatic rings. The van der Waals surface area contributed by atoms with Gasteiger partial charge < -0.3 is 9.47 Å². The van der Waals surface area contributed by atoms with E-state index in [9.17, 15) is 19.3 Å². The minimum Gasteiger partial charge on any atom is -0.476 e. The van der Waals surface area contributed by atoms with Crippen LogP contribution in [0.15, 0.2) is 18.2 Å². The summed E-state index contributed by atoms with van der Waals surface area (Å²) < 4.78 is 23.5. The van der Waals surface area contributed by atoms with Gasteiger partial charge in [0.05, 0.1) is 18.1 Å². The number of ether oxygens (including phenoxy) is 2. The molecule has 6 nitrogen and oxygen atoms in total. The normalized spacial score (nSPS) is 11.8. The third-order valence-corrected chi connectivity index (χ3v) is 2.68. The maximum atomic E-state index is 13.7. The van der Waals surface area contributed by atoms with E-state index in [0.29, 0.717) is 12.8 Å². The van der Waals surface area contributed by atoms with Crippen molar-refractivity contribution in [2.75, 3.05) is 7.11 Å². The van der Waals surface area contributed by atoms with E-state index in [1.165, 1.54) is 7.11 Å². The number of carbonyl (C=O) groups is 1. The number of benzene rings is 1. The zero-order valence-corrected chi connectivity index (χ0v) is 11.3. The predicted octanol–water partition coefficient (Wildman–Crippen LogP) is 2.84. The third kappa shape index (κ3) is 4.18. The second kappa shape index (κ2) is 7.42. The van der Waals surface area contributed by atoms with Crippen molar-refractivity contribution in [3.05, 3.63) is 34.1 Å². The van der Waals surface area contributed by atoms with Crippen LogP contribution in [0.4, 0.5) is 10.1 Å². The van der Waals surface area contributed by atoms with Crippen molar-refractivity contribution in [3.63, 3.8) is 0 Å². The fourth-order valence-electron chi connectivity index (χ4n) is 1.60. The summed E-state index contributed by atoms with van der Waals surface area (Å²) in [6, 6.07) is 3.01. The molecule has 0 amide bonds. The molecule has 0 bridgehead atoms. The summed E-state index contributed by atoms with van der Waals surface area (Å²) in [5.41, 5.74) is -0.377. The standard InChI is InChI=1S/C13H16FNO5/c1-3-4-5-12(13(16)19-2)20-11-7-6-9(15(17)18)8-10(11)14/h6-8,12H,3-5H2,1-2H3. The van der Waals surface area contributed by atoms with Gasteiger partial charge in [0.2, 0.25) is 0 Å². The highest BCUT2D eigenvalue weighted by Crippen LogP contribution is 2.24. The summed E-state index contributed by atoms with van der Waals surface area (Å²) in [5, 5.41) is 10.5. The van der Waals surface area contributed by atoms with Crippen LogP contribution < -0.4 is 4.74 Å². The number of nitro groups is 1. The van der Waals surface area contributed by atoms with Crippen LogP contribution in [0.2, 0.25) is 0 Å². The number of nitrogens with zero attached hydrogens (tertiary/aromatic N) is 1. The zero-order valence-electron chi connectivity index (χ0n) is 11.3. The van der Waals surface area contributed by atoms with Gasteiger partial charge in [-0.25, -0.2) is 9.18 Å². The summed E-state index contributed by atoms with van der Waals surface area (Å²) in [6.45, 7) is 1.95. The number of non-ortho nitro benzene ring substituents is 1. The average molecular weight is 285 g/mol. The molecule has 0 N–H and O–H groups in total. The largest absolute Gasteiger partial charge is 0.476 e. The molecule has 110 valence electrons. The zero-order chi connectivity index (χ0) is 15.1. The van der Waals surface area contributed by atoms with Crippen molar-refractivity contribution in [1.82, 2.24) is 0 Å². The second-order valence-electron chi connectivity index (χ2n) is 4.14. The SMILES string of the molecule is CCCCC(Oc1ccc([N+](=O)[O-])cc1F)C(=O)OC. The molecule has 0 aliphatic rings. The maximum Gasteiger partial charge on any atom is 0.347 e. The lowest BCUT2D eigenvalue weighted by Gasteiger charge is -2.16. The first-order chi connectivity index (χ1) is 9.49. The first-order valence-corrected chi connectivity index (χ1v) is 6.18. The third-order valence-electron chi connectivity index (χ3n) is 2.68. The molecule has 0 saturated heterocycles. The lowest BCUT2D eigenvalue weighted by molar-refractivity contribution is -0.385. The summed E-state index contributed by atoms with van der Waals surface area (Å²) in [6.07, 6.45) is 1.03. The van der Waals surface area contributed by atoms with Crippen LogP contribution in [0, 0.1) is 15.9 Å². The van der Waals surface area contributed by atoms with E-state index in [2.05, 4.69) is 4.74 Å². The van der Waals surface area contributed by atoms with E-state index in [1.54, 1.807) is 0 Å². The molecule has 0 heterocycles. The monoisotopic (exact) mass is 285 g/mol. The molecule has 1 rings (SSSR count). The van der Waals surface area contributed by atoms with E-state index >= 15 is 0 Å². The van der Waals surface area contributed by atoms with Crippen LogP contribution >= 0.6 is 0 Å². The molecule has 0 fully saturated rings. The fraction of sp³-hybridized carbons (Fsp3) is 0.462. The Balaban J connectivity index is 2.87. The smallest absolute Gasteiger partial charge is 0.347 e. The Kier molecular flexibility index (Phi) is 5.89. The molecule has 0 saturated carbocycles. The number of hydrogen-bond donors (Lipinski definition) is 0. The van der Waals surface area contributed by atoms with Crippen molar-refractivity contribution >= 4 is 11.7 Å². The van der Waals surface area contributed by atoms with Gasteiger partial charge in [0.15, 0.2) is 17.7 Å². The van der Waals surface area contributed by atoms with Crippen LogP contribution in [-0.2, 0) is 9.53 Å². The molecule has 0 aliphatic carbocycles. The molecule has 1 aromatic carbocycles. The van der Waals surface area contributed by atoms with Gasteiger partial charge >= 0.3 is 5.97 Å². The summed E-state index contributed by atoms with van der Waals surface area (Å²) in [4.78, 5) is 21.3. The molecular formula is C13H16FNO5. The molecule has 0 spiro atoms. The van der Waals surface area contributed by atoms with E-state index < -0.39 is 22.8 Å². The molecule has 0 radical (unpaired) electrons. The van der Waals surface area contributed by atoms with Gasteiger partial charge in [0.25, 0.3) is 5.69 Å². The number of nitro benzene ring substituents is 1. The minimum atomic E-state index is -0.920. The molecule has 0 aliphatic heterocycles. The van der Waals surface area contributed by atoms with Gasteiger partial charge in [-0.05, 0) is 18.9 Å². The highest BCUT2D eigenvalue weighted by atomic mass is 19.1. The Morgan fingerprint density at radius 3 is 2.70 bits per heavy atom. The van der Waals surface area contributed by atoms with Crippen molar-refractivity contribution in [1.29, 1.82) is 0 Å². The van der Waals surface area contributed by atoms with Crippen LogP contribution in [0.1, 0.15) is 26.2 Å². The Labute approximate surface area is 115 Å². The van der Waals surface area contributed by atoms with Gasteiger partial charge in [-0.15, -0.1) is 0 Å². The minimum absolute atomic E-state index is 0.206. The van der Waals surface area contributed by atoms with E-state index in [0.717, 1.165) is 24.6 Å². The van der Waals surface area contributed by atoms with Gasteiger partial charge in [0, 0.05) is 6.07 Å². The lowest BCUT2D eigenvalue weighted by Crippen LogP contribution is -2.28. The molecular weight excluding hydrogens is 269 g/mol. The van der Waals surface area contributed by atoms with Crippen molar-refractivity contribution in [2.24, 2.45) is 0 Å². The average Bonchev–Trinajstić information content (AvgIpc) is 2.43. The molecule has 20 heavy (non-hydrogen) atoms. The molecule has 1 unspecified atom stereocenters. The number of carbonyl (C=O) groups excluding carboxylic acids is 1. The quantitative estimate of drug-likeness (QED) is 0.437. The van der Waals surface area contributed by atoms with Crippen LogP contribution in [0.3, 0.4) is 0 Å². The Hall–Kier alpha value is -2.18. The molecule has 1 atom stereocenters. The predicted molar refractivity (Wildman–Crippen MR) is 69.0 cm³/mol. The lowest BCUT2D eigenvalue weighted by atomic mass is 10.1. The van der Waals surface area contributed by atoms with Gasteiger partial charge in [-0.3, -0.25) is 10.1 Å². The second-order valence-corrected chi connectivity index (χ2v) is 4.14. The van der Waals surface area contributed by atoms with Crippen LogP contribution in [-0.4, -0.2) is 24.1 Å². The summed E-state index contributed by atoms with van der Waals surface area (Å²) in [7, 11) is 1.22. The van der Waals surface area contributed by atoms with Crippen molar-refractivity contribution < 1.29 is 23.6 Å². The summed E-state index contributed by atoms with van der Waals surface area (Å²) in [5.74, 6) is -1.69. The number of rotatable bonds is 7. The van der Waals surface area contributed by atoms with E-state index in [4.69, 9.17) is 4.74 Å². The highest BCUT2D eigenvalue weighted by molar-refractivity contribution is 5.74. The number of hydrogen-bond acceptors (Lipinski definition) is 5. The number of halogens is 1. The maximum absolute atomic E-state index is 13.7. The van der Waals surface area contributed by atoms with E-state index in [-0.39, 0.29) is 11.4 Å². The number of unbranched alkanes of at least 4 members (excludes halogenated alkanes) is 1. The number of esters is 1.